The zero-order chi connectivity index (χ0) is 21.9. The van der Waals surface area contributed by atoms with Crippen LogP contribution in [0.2, 0.25) is 0 Å². The minimum Gasteiger partial charge on any atom is -0.484 e. The first-order valence-electron chi connectivity index (χ1n) is 11.2. The van der Waals surface area contributed by atoms with Crippen molar-refractivity contribution in [3.8, 4) is 5.75 Å². The average molecular weight is 550 g/mol. The van der Waals surface area contributed by atoms with Crippen molar-refractivity contribution >= 4 is 35.8 Å². The van der Waals surface area contributed by atoms with Gasteiger partial charge in [0.1, 0.15) is 5.75 Å². The van der Waals surface area contributed by atoms with Crippen molar-refractivity contribution in [2.45, 2.75) is 45.1 Å². The van der Waals surface area contributed by atoms with Crippen molar-refractivity contribution in [2.24, 2.45) is 4.99 Å². The number of halogens is 1. The van der Waals surface area contributed by atoms with Crippen LogP contribution in [0, 0.1) is 0 Å². The van der Waals surface area contributed by atoms with Crippen LogP contribution in [0.1, 0.15) is 43.7 Å². The van der Waals surface area contributed by atoms with Crippen molar-refractivity contribution < 1.29 is 9.53 Å². The number of ether oxygens (including phenoxy) is 1. The van der Waals surface area contributed by atoms with Gasteiger partial charge in [0, 0.05) is 31.6 Å². The number of hydrogen-bond acceptors (Lipinski definition) is 3. The molecule has 1 fully saturated rings. The highest BCUT2D eigenvalue weighted by Gasteiger charge is 2.23. The summed E-state index contributed by atoms with van der Waals surface area (Å²) >= 11 is 0. The van der Waals surface area contributed by atoms with Crippen LogP contribution in [0.4, 0.5) is 0 Å². The number of hydrogen-bond donors (Lipinski definition) is 3. The topological polar surface area (TPSA) is 74.8 Å². The van der Waals surface area contributed by atoms with Crippen molar-refractivity contribution in [3.05, 3.63) is 65.7 Å². The molecular weight excluding hydrogens is 515 g/mol. The summed E-state index contributed by atoms with van der Waals surface area (Å²) in [5.74, 6) is 1.88. The van der Waals surface area contributed by atoms with Crippen LogP contribution in [0.3, 0.4) is 0 Å². The van der Waals surface area contributed by atoms with E-state index in [2.05, 4.69) is 54.1 Å². The average Bonchev–Trinajstić information content (AvgIpc) is 3.61. The maximum absolute atomic E-state index is 11.7. The van der Waals surface area contributed by atoms with Gasteiger partial charge in [0.25, 0.3) is 5.91 Å². The van der Waals surface area contributed by atoms with Crippen LogP contribution in [-0.4, -0.2) is 44.1 Å². The van der Waals surface area contributed by atoms with Crippen LogP contribution < -0.4 is 20.7 Å². The van der Waals surface area contributed by atoms with Gasteiger partial charge >= 0.3 is 0 Å². The second kappa shape index (κ2) is 14.0. The predicted octanol–water partition coefficient (Wildman–Crippen LogP) is 3.86. The highest BCUT2D eigenvalue weighted by atomic mass is 127. The van der Waals surface area contributed by atoms with E-state index in [0.717, 1.165) is 44.9 Å². The van der Waals surface area contributed by atoms with Gasteiger partial charge in [0.2, 0.25) is 0 Å². The van der Waals surface area contributed by atoms with Gasteiger partial charge in [-0.2, -0.15) is 0 Å². The lowest BCUT2D eigenvalue weighted by molar-refractivity contribution is -0.123. The maximum Gasteiger partial charge on any atom is 0.258 e. The molecule has 0 saturated heterocycles. The van der Waals surface area contributed by atoms with Gasteiger partial charge in [-0.3, -0.25) is 9.79 Å². The quantitative estimate of drug-likeness (QED) is 0.226. The van der Waals surface area contributed by atoms with E-state index >= 15 is 0 Å². The summed E-state index contributed by atoms with van der Waals surface area (Å²) in [5, 5.41) is 9.64. The van der Waals surface area contributed by atoms with E-state index in [9.17, 15) is 4.79 Å². The van der Waals surface area contributed by atoms with E-state index in [0.29, 0.717) is 17.7 Å². The Labute approximate surface area is 208 Å². The molecule has 1 unspecified atom stereocenters. The molecule has 0 bridgehead atoms. The van der Waals surface area contributed by atoms with E-state index in [-0.39, 0.29) is 36.5 Å². The van der Waals surface area contributed by atoms with Crippen molar-refractivity contribution in [3.63, 3.8) is 0 Å². The van der Waals surface area contributed by atoms with Crippen LogP contribution in [0.15, 0.2) is 59.6 Å². The molecule has 1 atom stereocenters. The Morgan fingerprint density at radius 3 is 2.47 bits per heavy atom. The van der Waals surface area contributed by atoms with E-state index < -0.39 is 0 Å². The number of carbonyl (C=O) groups excluding carboxylic acids is 1. The lowest BCUT2D eigenvalue weighted by Gasteiger charge is -2.14. The molecule has 1 saturated carbocycles. The summed E-state index contributed by atoms with van der Waals surface area (Å²) < 4.78 is 5.56. The minimum atomic E-state index is -0.0485. The molecule has 174 valence electrons. The highest BCUT2D eigenvalue weighted by Crippen LogP contribution is 2.18. The fourth-order valence-electron chi connectivity index (χ4n) is 3.18. The standard InChI is InChI=1S/C25H34N4O2.HI/c1-3-26-25(28-17-19(2)21-7-5-4-6-8-21)27-16-15-20-9-13-23(14-10-20)31-18-24(30)29-22-11-12-22;/h4-10,13-14,19,22H,3,11-12,15-18H2,1-2H3,(H,29,30)(H2,26,27,28);1H. The van der Waals surface area contributed by atoms with Gasteiger partial charge in [-0.25, -0.2) is 0 Å². The van der Waals surface area contributed by atoms with Crippen molar-refractivity contribution in [2.75, 3.05) is 26.2 Å². The van der Waals surface area contributed by atoms with Gasteiger partial charge in [-0.15, -0.1) is 24.0 Å². The SMILES string of the molecule is CCNC(=NCC(C)c1ccccc1)NCCc1ccc(OCC(=O)NC2CC2)cc1.I. The highest BCUT2D eigenvalue weighted by molar-refractivity contribution is 14.0. The second-order valence-electron chi connectivity index (χ2n) is 7.98. The summed E-state index contributed by atoms with van der Waals surface area (Å²) in [7, 11) is 0. The molecule has 2 aromatic rings. The van der Waals surface area contributed by atoms with E-state index in [1.807, 2.05) is 30.3 Å². The zero-order valence-corrected chi connectivity index (χ0v) is 21.3. The summed E-state index contributed by atoms with van der Waals surface area (Å²) in [6.45, 7) is 6.69. The molecule has 7 heteroatoms. The number of aliphatic imine (C=N–C) groups is 1. The number of benzene rings is 2. The molecular formula is C25H35IN4O2. The normalized spacial score (nSPS) is 14.1. The Morgan fingerprint density at radius 2 is 1.81 bits per heavy atom. The third-order valence-electron chi connectivity index (χ3n) is 5.18. The largest absolute Gasteiger partial charge is 0.484 e. The monoisotopic (exact) mass is 550 g/mol. The Balaban J connectivity index is 0.00000363. The minimum absolute atomic E-state index is 0. The summed E-state index contributed by atoms with van der Waals surface area (Å²) in [5.41, 5.74) is 2.50. The molecule has 3 rings (SSSR count). The predicted molar refractivity (Wildman–Crippen MR) is 141 cm³/mol. The molecule has 1 aliphatic carbocycles. The van der Waals surface area contributed by atoms with Crippen LogP contribution in [0.5, 0.6) is 5.75 Å². The Morgan fingerprint density at radius 1 is 1.09 bits per heavy atom. The van der Waals surface area contributed by atoms with Gasteiger partial charge < -0.3 is 20.7 Å². The lowest BCUT2D eigenvalue weighted by Crippen LogP contribution is -2.38. The van der Waals surface area contributed by atoms with E-state index in [1.54, 1.807) is 0 Å². The molecule has 1 aliphatic rings. The van der Waals surface area contributed by atoms with Crippen molar-refractivity contribution in [1.82, 2.24) is 16.0 Å². The number of nitrogens with zero attached hydrogens (tertiary/aromatic N) is 1. The third kappa shape index (κ3) is 9.46. The number of amides is 1. The molecule has 0 heterocycles. The number of carbonyl (C=O) groups is 1. The van der Waals surface area contributed by atoms with Gasteiger partial charge in [0.05, 0.1) is 0 Å². The molecule has 32 heavy (non-hydrogen) atoms. The van der Waals surface area contributed by atoms with Gasteiger partial charge in [-0.05, 0) is 49.4 Å². The fourth-order valence-corrected chi connectivity index (χ4v) is 3.18. The van der Waals surface area contributed by atoms with E-state index in [4.69, 9.17) is 9.73 Å². The molecule has 2 aromatic carbocycles. The van der Waals surface area contributed by atoms with Crippen LogP contribution in [-0.2, 0) is 11.2 Å². The Bertz CT molecular complexity index is 839. The van der Waals surface area contributed by atoms with Crippen LogP contribution in [0.25, 0.3) is 0 Å². The Hall–Kier alpha value is -2.29. The third-order valence-corrected chi connectivity index (χ3v) is 5.18. The van der Waals surface area contributed by atoms with Gasteiger partial charge in [0.15, 0.2) is 12.6 Å². The molecule has 3 N–H and O–H groups in total. The van der Waals surface area contributed by atoms with Gasteiger partial charge in [-0.1, -0.05) is 49.4 Å². The zero-order valence-electron chi connectivity index (χ0n) is 19.0. The number of nitrogens with one attached hydrogen (secondary N) is 3. The first-order chi connectivity index (χ1) is 15.1. The molecule has 6 nitrogen and oxygen atoms in total. The summed E-state index contributed by atoms with van der Waals surface area (Å²) in [6.07, 6.45) is 3.04. The first kappa shape index (κ1) is 26.0. The lowest BCUT2D eigenvalue weighted by atomic mass is 10.0. The first-order valence-corrected chi connectivity index (χ1v) is 11.2. The number of guanidine groups is 1. The molecule has 0 aliphatic heterocycles. The maximum atomic E-state index is 11.7. The van der Waals surface area contributed by atoms with Crippen LogP contribution >= 0.6 is 24.0 Å². The number of rotatable bonds is 11. The molecule has 0 aromatic heterocycles. The summed E-state index contributed by atoms with van der Waals surface area (Å²) in [6, 6.07) is 18.7. The Kier molecular flexibility index (Phi) is 11.3. The van der Waals surface area contributed by atoms with Crippen molar-refractivity contribution in [1.29, 1.82) is 0 Å². The molecule has 0 spiro atoms. The summed E-state index contributed by atoms with van der Waals surface area (Å²) in [4.78, 5) is 16.4. The second-order valence-corrected chi connectivity index (χ2v) is 7.98. The fraction of sp³-hybridized carbons (Fsp3) is 0.440. The molecule has 0 radical (unpaired) electrons. The smallest absolute Gasteiger partial charge is 0.258 e. The van der Waals surface area contributed by atoms with E-state index in [1.165, 1.54) is 11.1 Å². The molecule has 1 amide bonds.